The molecule has 27 heavy (non-hydrogen) atoms. The van der Waals surface area contributed by atoms with Crippen LogP contribution in [0.4, 0.5) is 4.79 Å². The van der Waals surface area contributed by atoms with E-state index in [-0.39, 0.29) is 12.1 Å². The van der Waals surface area contributed by atoms with Gasteiger partial charge in [0.2, 0.25) is 0 Å². The summed E-state index contributed by atoms with van der Waals surface area (Å²) in [5.41, 5.74) is 2.80. The third-order valence-corrected chi connectivity index (χ3v) is 4.43. The van der Waals surface area contributed by atoms with Crippen molar-refractivity contribution >= 4 is 17.0 Å². The van der Waals surface area contributed by atoms with Gasteiger partial charge in [0.25, 0.3) is 0 Å². The maximum Gasteiger partial charge on any atom is 0.315 e. The summed E-state index contributed by atoms with van der Waals surface area (Å²) in [6.45, 7) is 2.31. The molecule has 0 radical (unpaired) electrons. The van der Waals surface area contributed by atoms with Crippen molar-refractivity contribution < 1.29 is 9.21 Å². The second-order valence-corrected chi connectivity index (χ2v) is 6.33. The number of hydrogen-bond donors (Lipinski definition) is 2. The molecule has 0 aliphatic carbocycles. The number of nitrogens with zero attached hydrogens (tertiary/aromatic N) is 2. The van der Waals surface area contributed by atoms with Gasteiger partial charge in [-0.3, -0.25) is 0 Å². The minimum atomic E-state index is -0.247. The van der Waals surface area contributed by atoms with Gasteiger partial charge in [0.05, 0.1) is 18.1 Å². The number of para-hydroxylation sites is 2. The summed E-state index contributed by atoms with van der Waals surface area (Å²) in [5.74, 6) is 0.727. The molecule has 2 amide bonds. The number of furan rings is 1. The smallest absolute Gasteiger partial charge is 0.315 e. The van der Waals surface area contributed by atoms with Crippen LogP contribution < -0.4 is 10.6 Å². The summed E-state index contributed by atoms with van der Waals surface area (Å²) < 4.78 is 7.73. The van der Waals surface area contributed by atoms with Gasteiger partial charge in [0.1, 0.15) is 11.3 Å². The Kier molecular flexibility index (Phi) is 4.61. The van der Waals surface area contributed by atoms with Crippen LogP contribution in [0.1, 0.15) is 24.3 Å². The van der Waals surface area contributed by atoms with Gasteiger partial charge < -0.3 is 19.6 Å². The van der Waals surface area contributed by atoms with Crippen molar-refractivity contribution in [2.24, 2.45) is 0 Å². The Morgan fingerprint density at radius 1 is 1.19 bits per heavy atom. The van der Waals surface area contributed by atoms with Gasteiger partial charge in [0, 0.05) is 24.3 Å². The van der Waals surface area contributed by atoms with E-state index in [0.29, 0.717) is 6.54 Å². The highest BCUT2D eigenvalue weighted by Crippen LogP contribution is 2.23. The van der Waals surface area contributed by atoms with Crippen molar-refractivity contribution in [3.05, 3.63) is 84.6 Å². The fourth-order valence-electron chi connectivity index (χ4n) is 3.02. The predicted molar refractivity (Wildman–Crippen MR) is 104 cm³/mol. The zero-order valence-corrected chi connectivity index (χ0v) is 14.9. The fraction of sp³-hybridized carbons (Fsp3) is 0.143. The van der Waals surface area contributed by atoms with E-state index in [9.17, 15) is 4.79 Å². The van der Waals surface area contributed by atoms with E-state index in [4.69, 9.17) is 4.42 Å². The van der Waals surface area contributed by atoms with Crippen LogP contribution in [0.2, 0.25) is 0 Å². The lowest BCUT2D eigenvalue weighted by Crippen LogP contribution is -2.36. The van der Waals surface area contributed by atoms with Gasteiger partial charge in [-0.05, 0) is 30.7 Å². The van der Waals surface area contributed by atoms with E-state index in [1.807, 2.05) is 72.3 Å². The minimum absolute atomic E-state index is 0.235. The molecule has 2 heterocycles. The molecule has 0 saturated heterocycles. The Balaban J connectivity index is 1.40. The molecule has 0 saturated carbocycles. The van der Waals surface area contributed by atoms with Crippen LogP contribution in [0.15, 0.2) is 77.7 Å². The maximum absolute atomic E-state index is 12.3. The first kappa shape index (κ1) is 16.9. The topological polar surface area (TPSA) is 72.1 Å². The normalized spacial score (nSPS) is 12.0. The van der Waals surface area contributed by atoms with E-state index in [1.165, 1.54) is 0 Å². The monoisotopic (exact) mass is 360 g/mol. The van der Waals surface area contributed by atoms with Crippen LogP contribution >= 0.6 is 0 Å². The largest absolute Gasteiger partial charge is 0.459 e. The van der Waals surface area contributed by atoms with E-state index in [1.54, 1.807) is 12.5 Å². The third kappa shape index (κ3) is 3.69. The third-order valence-electron chi connectivity index (χ3n) is 4.43. The number of urea groups is 1. The number of imidazole rings is 1. The molecule has 2 aromatic heterocycles. The van der Waals surface area contributed by atoms with Crippen molar-refractivity contribution in [3.63, 3.8) is 0 Å². The molecule has 0 spiro atoms. The number of aromatic nitrogens is 2. The summed E-state index contributed by atoms with van der Waals surface area (Å²) >= 11 is 0. The summed E-state index contributed by atoms with van der Waals surface area (Å²) in [7, 11) is 0. The Hall–Kier alpha value is -3.54. The molecule has 0 aliphatic rings. The van der Waals surface area contributed by atoms with Gasteiger partial charge in [-0.1, -0.05) is 36.4 Å². The molecule has 4 rings (SSSR count). The molecular weight excluding hydrogens is 340 g/mol. The number of fused-ring (bicyclic) bond motifs is 1. The SMILES string of the molecule is CC(NC(=O)NCc1ccccc1-n1ccnc1)c1cc2ccccc2o1. The summed E-state index contributed by atoms with van der Waals surface area (Å²) in [6, 6.07) is 17.2. The van der Waals surface area contributed by atoms with E-state index in [2.05, 4.69) is 15.6 Å². The average Bonchev–Trinajstić information content (AvgIpc) is 3.36. The second kappa shape index (κ2) is 7.37. The highest BCUT2D eigenvalue weighted by atomic mass is 16.3. The molecule has 136 valence electrons. The molecule has 1 atom stereocenters. The second-order valence-electron chi connectivity index (χ2n) is 6.33. The number of rotatable bonds is 5. The minimum Gasteiger partial charge on any atom is -0.459 e. The molecule has 6 nitrogen and oxygen atoms in total. The summed E-state index contributed by atoms with van der Waals surface area (Å²) in [6.07, 6.45) is 5.34. The quantitative estimate of drug-likeness (QED) is 0.561. The number of nitrogens with one attached hydrogen (secondary N) is 2. The van der Waals surface area contributed by atoms with Crippen molar-refractivity contribution in [2.45, 2.75) is 19.5 Å². The van der Waals surface area contributed by atoms with E-state index in [0.717, 1.165) is 28.0 Å². The Bertz CT molecular complexity index is 1020. The first-order valence-corrected chi connectivity index (χ1v) is 8.80. The number of carbonyl (C=O) groups excluding carboxylic acids is 1. The van der Waals surface area contributed by atoms with Crippen LogP contribution in [-0.2, 0) is 6.54 Å². The number of carbonyl (C=O) groups is 1. The van der Waals surface area contributed by atoms with Crippen LogP contribution in [0, 0.1) is 0 Å². The lowest BCUT2D eigenvalue weighted by molar-refractivity contribution is 0.236. The standard InChI is InChI=1S/C21H20N4O2/c1-15(20-12-16-6-3-5-9-19(16)27-20)24-21(26)23-13-17-7-2-4-8-18(17)25-11-10-22-14-25/h2-12,14-15H,13H2,1H3,(H2,23,24,26). The van der Waals surface area contributed by atoms with Gasteiger partial charge in [-0.2, -0.15) is 0 Å². The lowest BCUT2D eigenvalue weighted by atomic mass is 10.1. The highest BCUT2D eigenvalue weighted by molar-refractivity contribution is 5.78. The molecule has 0 bridgehead atoms. The molecule has 2 N–H and O–H groups in total. The van der Waals surface area contributed by atoms with Crippen molar-refractivity contribution in [3.8, 4) is 5.69 Å². The van der Waals surface area contributed by atoms with Crippen molar-refractivity contribution in [1.82, 2.24) is 20.2 Å². The Labute approximate surface area is 156 Å². The zero-order chi connectivity index (χ0) is 18.6. The number of amides is 2. The summed E-state index contributed by atoms with van der Waals surface area (Å²) in [4.78, 5) is 16.4. The zero-order valence-electron chi connectivity index (χ0n) is 14.9. The average molecular weight is 360 g/mol. The van der Waals surface area contributed by atoms with Gasteiger partial charge in [-0.15, -0.1) is 0 Å². The van der Waals surface area contributed by atoms with E-state index >= 15 is 0 Å². The van der Waals surface area contributed by atoms with Gasteiger partial charge in [0.15, 0.2) is 0 Å². The molecular formula is C21H20N4O2. The number of hydrogen-bond acceptors (Lipinski definition) is 3. The van der Waals surface area contributed by atoms with Crippen LogP contribution in [0.5, 0.6) is 0 Å². The van der Waals surface area contributed by atoms with Gasteiger partial charge in [-0.25, -0.2) is 9.78 Å². The van der Waals surface area contributed by atoms with E-state index < -0.39 is 0 Å². The molecule has 2 aromatic carbocycles. The first-order valence-electron chi connectivity index (χ1n) is 8.80. The lowest BCUT2D eigenvalue weighted by Gasteiger charge is -2.14. The predicted octanol–water partition coefficient (Wildman–Crippen LogP) is 4.18. The van der Waals surface area contributed by atoms with Crippen molar-refractivity contribution in [1.29, 1.82) is 0 Å². The molecule has 6 heteroatoms. The summed E-state index contributed by atoms with van der Waals surface area (Å²) in [5, 5.41) is 6.85. The Morgan fingerprint density at radius 2 is 2.00 bits per heavy atom. The van der Waals surface area contributed by atoms with Crippen LogP contribution in [0.25, 0.3) is 16.7 Å². The maximum atomic E-state index is 12.3. The number of benzene rings is 2. The fourth-order valence-corrected chi connectivity index (χ4v) is 3.02. The Morgan fingerprint density at radius 3 is 2.81 bits per heavy atom. The molecule has 1 unspecified atom stereocenters. The van der Waals surface area contributed by atoms with Crippen LogP contribution in [-0.4, -0.2) is 15.6 Å². The van der Waals surface area contributed by atoms with Gasteiger partial charge >= 0.3 is 6.03 Å². The molecule has 0 fully saturated rings. The first-order chi connectivity index (χ1) is 13.2. The van der Waals surface area contributed by atoms with Crippen LogP contribution in [0.3, 0.4) is 0 Å². The van der Waals surface area contributed by atoms with Crippen molar-refractivity contribution in [2.75, 3.05) is 0 Å². The highest BCUT2D eigenvalue weighted by Gasteiger charge is 2.14. The molecule has 4 aromatic rings. The molecule has 0 aliphatic heterocycles.